The van der Waals surface area contributed by atoms with E-state index in [-0.39, 0.29) is 0 Å². The molecule has 50 heavy (non-hydrogen) atoms. The van der Waals surface area contributed by atoms with Gasteiger partial charge in [0.15, 0.2) is 0 Å². The second-order valence-electron chi connectivity index (χ2n) is 23.4. The molecule has 0 fully saturated rings. The van der Waals surface area contributed by atoms with E-state index in [1.807, 2.05) is 37.0 Å². The third-order valence-corrected chi connectivity index (χ3v) is 50.8. The van der Waals surface area contributed by atoms with Crippen LogP contribution in [0, 0.1) is 0 Å². The Balaban J connectivity index is 3.59. The zero-order chi connectivity index (χ0) is 39.5. The van der Waals surface area contributed by atoms with E-state index in [9.17, 15) is 0 Å². The van der Waals surface area contributed by atoms with Crippen molar-refractivity contribution in [3.63, 3.8) is 0 Å². The van der Waals surface area contributed by atoms with E-state index < -0.39 is 59.5 Å². The molecule has 0 heterocycles. The molecule has 0 bridgehead atoms. The van der Waals surface area contributed by atoms with Crippen LogP contribution in [-0.4, -0.2) is 59.5 Å². The van der Waals surface area contributed by atoms with Crippen molar-refractivity contribution >= 4 is 68.3 Å². The Morgan fingerprint density at radius 2 is 0.600 bits per heavy atom. The van der Waals surface area contributed by atoms with Crippen molar-refractivity contribution in [2.24, 2.45) is 0 Å². The van der Waals surface area contributed by atoms with Crippen LogP contribution < -0.4 is 8.79 Å². The third-order valence-electron chi connectivity index (χ3n) is 11.0. The summed E-state index contributed by atoms with van der Waals surface area (Å²) < 4.78 is 3.85. The summed E-state index contributed by atoms with van der Waals surface area (Å²) in [6.45, 7) is 63.7. The molecule has 284 valence electrons. The van der Waals surface area contributed by atoms with Crippen molar-refractivity contribution in [3.05, 3.63) is 57.6 Å². The molecule has 0 aromatic heterocycles. The quantitative estimate of drug-likeness (QED) is 0.166. The van der Waals surface area contributed by atoms with Crippen molar-refractivity contribution in [2.75, 3.05) is 0 Å². The van der Waals surface area contributed by atoms with Gasteiger partial charge in [0.25, 0.3) is 0 Å². The third kappa shape index (κ3) is 11.1. The van der Waals surface area contributed by atoms with Crippen LogP contribution in [0.1, 0.15) is 108 Å². The molecule has 0 aliphatic rings. The fourth-order valence-corrected chi connectivity index (χ4v) is 64.0. The number of hydrogen-bond donors (Lipinski definition) is 0. The Labute approximate surface area is 332 Å². The van der Waals surface area contributed by atoms with E-state index in [0.717, 1.165) is 15.5 Å². The molecular formula is C42H82GeSi6W. The van der Waals surface area contributed by atoms with Crippen LogP contribution in [0.5, 0.6) is 0 Å². The topological polar surface area (TPSA) is 0 Å². The molecule has 0 saturated heterocycles. The standard InChI is InChI=1S/C42H82GeSi6.W/c1-29(2)32-25-34(30(3)4)38(35(26-32)31(5)6)43-39-36(41(46(13,14)15)47(16,17)18)27-33(40(44(7,8)9)45(10,11)12)28-37(39)42(48(19,20)21)49(22,23)24;/h25-31,40-42H,1-24H3;. The van der Waals surface area contributed by atoms with E-state index in [2.05, 4.69) is 184 Å². The molecule has 0 atom stereocenters. The molecule has 2 rings (SSSR count). The molecule has 0 aliphatic carbocycles. The van der Waals surface area contributed by atoms with Crippen LogP contribution in [0.15, 0.2) is 24.3 Å². The molecule has 0 spiro atoms. The maximum atomic E-state index is 2.97. The first-order chi connectivity index (χ1) is 22.0. The summed E-state index contributed by atoms with van der Waals surface area (Å²) in [5.41, 5.74) is 10.5. The maximum absolute atomic E-state index is 2.97. The van der Waals surface area contributed by atoms with Crippen LogP contribution in [0.2, 0.25) is 118 Å². The Bertz CT molecular complexity index is 1390. The molecule has 8 heteroatoms. The molecule has 0 nitrogen and oxygen atoms in total. The van der Waals surface area contributed by atoms with Gasteiger partial charge in [0.05, 0.1) is 0 Å². The van der Waals surface area contributed by atoms with Crippen LogP contribution in [-0.2, 0) is 17.0 Å². The van der Waals surface area contributed by atoms with E-state index in [0.29, 0.717) is 17.8 Å². The predicted octanol–water partition coefficient (Wildman–Crippen LogP) is 13.2. The van der Waals surface area contributed by atoms with E-state index in [4.69, 9.17) is 0 Å². The molecule has 0 radical (unpaired) electrons. The van der Waals surface area contributed by atoms with Crippen molar-refractivity contribution in [1.29, 1.82) is 0 Å². The zero-order valence-electron chi connectivity index (χ0n) is 37.7. The van der Waals surface area contributed by atoms with E-state index in [1.54, 1.807) is 22.3 Å². The first-order valence-corrected chi connectivity index (χ1v) is 52.0. The average Bonchev–Trinajstić information content (AvgIpc) is 2.82. The predicted molar refractivity (Wildman–Crippen MR) is 248 cm³/mol. The van der Waals surface area contributed by atoms with Crippen LogP contribution >= 0.6 is 0 Å². The van der Waals surface area contributed by atoms with Crippen LogP contribution in [0.25, 0.3) is 0 Å². The Morgan fingerprint density at radius 1 is 0.360 bits per heavy atom. The second kappa shape index (κ2) is 16.2. The van der Waals surface area contributed by atoms with Gasteiger partial charge in [0, 0.05) is 0 Å². The van der Waals surface area contributed by atoms with Gasteiger partial charge in [-0.25, -0.2) is 0 Å². The van der Waals surface area contributed by atoms with Gasteiger partial charge in [-0.15, -0.1) is 0 Å². The summed E-state index contributed by atoms with van der Waals surface area (Å²) >= 11 is -0.0727. The summed E-state index contributed by atoms with van der Waals surface area (Å²) in [5.74, 6) is 1.65. The molecule has 0 aliphatic heterocycles. The summed E-state index contributed by atoms with van der Waals surface area (Å²) in [4.78, 5) is 0. The monoisotopic (exact) mass is 1010 g/mol. The van der Waals surface area contributed by atoms with E-state index in [1.165, 1.54) is 0 Å². The number of hydrogen-bond acceptors (Lipinski definition) is 0. The zero-order valence-corrected chi connectivity index (χ0v) is 48.7. The molecule has 2 aromatic carbocycles. The van der Waals surface area contributed by atoms with Gasteiger partial charge < -0.3 is 0 Å². The minimum absolute atomic E-state index is 0.548. The normalized spacial score (nSPS) is 14.4. The fourth-order valence-electron chi connectivity index (χ4n) is 10.7. The molecule has 2 aromatic rings. The summed E-state index contributed by atoms with van der Waals surface area (Å²) in [7, 11) is -9.39. The van der Waals surface area contributed by atoms with E-state index >= 15 is 0 Å². The Morgan fingerprint density at radius 3 is 0.820 bits per heavy atom. The average molecular weight is 1010 g/mol. The van der Waals surface area contributed by atoms with Crippen molar-refractivity contribution in [3.8, 4) is 0 Å². The van der Waals surface area contributed by atoms with Crippen LogP contribution in [0.3, 0.4) is 0 Å². The Hall–Kier alpha value is 0.972. The second-order valence-corrected chi connectivity index (χ2v) is 68.1. The van der Waals surface area contributed by atoms with Gasteiger partial charge in [-0.2, -0.15) is 0 Å². The summed E-state index contributed by atoms with van der Waals surface area (Å²) in [5, 5.41) is 2.29. The molecular weight excluding hydrogens is 929 g/mol. The summed E-state index contributed by atoms with van der Waals surface area (Å²) in [6, 6.07) is 11.3. The minimum atomic E-state index is -1.99. The summed E-state index contributed by atoms with van der Waals surface area (Å²) in [6.07, 6.45) is 0. The first-order valence-electron chi connectivity index (χ1n) is 19.9. The molecule has 0 amide bonds. The SMILES string of the molecule is CC(C)c1cc(C(C)C)[c]([Ge](=[W])[c]2c(C([Si](C)(C)C)[Si](C)(C)C)cc(C([Si](C)(C)C)[Si](C)(C)C)cc2C([Si](C)(C)C)[Si](C)(C)C)c(C(C)C)c1. The van der Waals surface area contributed by atoms with Crippen molar-refractivity contribution in [1.82, 2.24) is 0 Å². The number of rotatable bonds is 14. The first kappa shape index (κ1) is 47.1. The van der Waals surface area contributed by atoms with Gasteiger partial charge in [-0.3, -0.25) is 0 Å². The number of benzene rings is 2. The van der Waals surface area contributed by atoms with Gasteiger partial charge in [0.1, 0.15) is 0 Å². The van der Waals surface area contributed by atoms with Crippen LogP contribution in [0.4, 0.5) is 0 Å². The molecule has 0 N–H and O–H groups in total. The fraction of sp³-hybridized carbons (Fsp3) is 0.714. The molecule has 0 saturated carbocycles. The van der Waals surface area contributed by atoms with Crippen molar-refractivity contribution < 1.29 is 17.0 Å². The van der Waals surface area contributed by atoms with Gasteiger partial charge >= 0.3 is 336 Å². The Kier molecular flexibility index (Phi) is 15.3. The van der Waals surface area contributed by atoms with Gasteiger partial charge in [-0.1, -0.05) is 0 Å². The van der Waals surface area contributed by atoms with Gasteiger partial charge in [0.2, 0.25) is 0 Å². The van der Waals surface area contributed by atoms with Gasteiger partial charge in [-0.05, 0) is 0 Å². The molecule has 0 unspecified atom stereocenters. The van der Waals surface area contributed by atoms with Crippen molar-refractivity contribution in [2.45, 2.75) is 193 Å².